The number of amides is 1. The summed E-state index contributed by atoms with van der Waals surface area (Å²) in [6.07, 6.45) is 2.75. The Labute approximate surface area is 195 Å². The summed E-state index contributed by atoms with van der Waals surface area (Å²) < 4.78 is 12.4. The van der Waals surface area contributed by atoms with Crippen LogP contribution in [0.15, 0.2) is 83.3 Å². The summed E-state index contributed by atoms with van der Waals surface area (Å²) in [7, 11) is 1.55. The van der Waals surface area contributed by atoms with Crippen LogP contribution in [0.1, 0.15) is 11.1 Å². The van der Waals surface area contributed by atoms with Gasteiger partial charge in [-0.25, -0.2) is 0 Å². The van der Waals surface area contributed by atoms with Crippen LogP contribution in [-0.4, -0.2) is 22.4 Å². The van der Waals surface area contributed by atoms with Crippen molar-refractivity contribution in [2.45, 2.75) is 6.92 Å². The number of nitrogens with zero attached hydrogens (tertiary/aromatic N) is 3. The van der Waals surface area contributed by atoms with Gasteiger partial charge in [-0.15, -0.1) is 0 Å². The Balaban J connectivity index is 1.78. The molecule has 168 valence electrons. The topological polar surface area (TPSA) is 106 Å². The van der Waals surface area contributed by atoms with Crippen LogP contribution >= 0.6 is 0 Å². The van der Waals surface area contributed by atoms with Crippen molar-refractivity contribution in [3.63, 3.8) is 0 Å². The zero-order valence-corrected chi connectivity index (χ0v) is 18.5. The molecule has 0 spiro atoms. The van der Waals surface area contributed by atoms with Gasteiger partial charge in [0.2, 0.25) is 5.88 Å². The lowest BCUT2D eigenvalue weighted by molar-refractivity contribution is -0.112. The molecule has 2 heterocycles. The Morgan fingerprint density at radius 3 is 2.56 bits per heavy atom. The molecule has 0 radical (unpaired) electrons. The normalized spacial score (nSPS) is 11.0. The summed E-state index contributed by atoms with van der Waals surface area (Å²) in [5, 5.41) is 12.3. The fourth-order valence-electron chi connectivity index (χ4n) is 3.25. The molecule has 0 saturated carbocycles. The molecule has 8 heteroatoms. The van der Waals surface area contributed by atoms with Crippen LogP contribution in [0.5, 0.6) is 17.4 Å². The summed E-state index contributed by atoms with van der Waals surface area (Å²) in [5.74, 6) is 0.363. The first-order valence-corrected chi connectivity index (χ1v) is 10.3. The summed E-state index contributed by atoms with van der Waals surface area (Å²) in [5.41, 5.74) is 1.06. The van der Waals surface area contributed by atoms with Crippen molar-refractivity contribution in [2.75, 3.05) is 12.4 Å². The first-order valence-electron chi connectivity index (χ1n) is 10.3. The van der Waals surface area contributed by atoms with Crippen LogP contribution in [0.4, 0.5) is 5.69 Å². The summed E-state index contributed by atoms with van der Waals surface area (Å²) in [6, 6.07) is 20.9. The molecule has 34 heavy (non-hydrogen) atoms. The number of hydrogen-bond acceptors (Lipinski definition) is 6. The van der Waals surface area contributed by atoms with E-state index in [1.807, 2.05) is 19.1 Å². The molecule has 8 nitrogen and oxygen atoms in total. The maximum Gasteiger partial charge on any atom is 0.269 e. The average molecular weight is 452 g/mol. The predicted octanol–water partition coefficient (Wildman–Crippen LogP) is 4.35. The van der Waals surface area contributed by atoms with Crippen molar-refractivity contribution < 1.29 is 14.3 Å². The van der Waals surface area contributed by atoms with Crippen LogP contribution in [0.2, 0.25) is 0 Å². The quantitative estimate of drug-likeness (QED) is 0.344. The molecule has 0 saturated heterocycles. The second kappa shape index (κ2) is 9.71. The van der Waals surface area contributed by atoms with Crippen molar-refractivity contribution in [3.05, 3.63) is 100.0 Å². The molecule has 0 bridgehead atoms. The van der Waals surface area contributed by atoms with Crippen molar-refractivity contribution in [1.29, 1.82) is 5.26 Å². The van der Waals surface area contributed by atoms with Crippen LogP contribution < -0.4 is 20.3 Å². The van der Waals surface area contributed by atoms with E-state index >= 15 is 0 Å². The van der Waals surface area contributed by atoms with Gasteiger partial charge in [-0.2, -0.15) is 10.2 Å². The van der Waals surface area contributed by atoms with E-state index in [0.717, 1.165) is 5.56 Å². The van der Waals surface area contributed by atoms with Crippen LogP contribution in [-0.2, 0) is 4.79 Å². The number of benzene rings is 2. The lowest BCUT2D eigenvalue weighted by Crippen LogP contribution is -2.20. The second-order valence-electron chi connectivity index (χ2n) is 7.34. The number of nitriles is 1. The lowest BCUT2D eigenvalue weighted by atomic mass is 10.1. The average Bonchev–Trinajstić information content (AvgIpc) is 2.84. The molecule has 1 N–H and O–H groups in total. The van der Waals surface area contributed by atoms with Crippen molar-refractivity contribution in [2.24, 2.45) is 0 Å². The number of anilines is 1. The third-order valence-corrected chi connectivity index (χ3v) is 4.94. The molecule has 2 aromatic carbocycles. The number of pyridine rings is 1. The zero-order valence-electron chi connectivity index (χ0n) is 18.5. The van der Waals surface area contributed by atoms with Crippen molar-refractivity contribution in [3.8, 4) is 23.4 Å². The maximum atomic E-state index is 13.3. The van der Waals surface area contributed by atoms with Gasteiger partial charge in [-0.3, -0.25) is 14.0 Å². The van der Waals surface area contributed by atoms with E-state index in [-0.39, 0.29) is 17.0 Å². The Bertz CT molecular complexity index is 1500. The van der Waals surface area contributed by atoms with Crippen molar-refractivity contribution >= 4 is 23.3 Å². The summed E-state index contributed by atoms with van der Waals surface area (Å²) in [4.78, 5) is 30.5. The molecule has 1 amide bonds. The molecular weight excluding hydrogens is 432 g/mol. The predicted molar refractivity (Wildman–Crippen MR) is 128 cm³/mol. The van der Waals surface area contributed by atoms with E-state index in [9.17, 15) is 14.9 Å². The van der Waals surface area contributed by atoms with E-state index in [0.29, 0.717) is 22.8 Å². The van der Waals surface area contributed by atoms with Gasteiger partial charge < -0.3 is 14.8 Å². The number of aromatic nitrogens is 2. The highest BCUT2D eigenvalue weighted by Crippen LogP contribution is 2.26. The van der Waals surface area contributed by atoms with Gasteiger partial charge in [0.25, 0.3) is 11.5 Å². The van der Waals surface area contributed by atoms with Crippen LogP contribution in [0.25, 0.3) is 11.7 Å². The van der Waals surface area contributed by atoms with E-state index in [4.69, 9.17) is 9.47 Å². The smallest absolute Gasteiger partial charge is 0.269 e. The minimum atomic E-state index is -0.652. The van der Waals surface area contributed by atoms with Gasteiger partial charge >= 0.3 is 0 Å². The van der Waals surface area contributed by atoms with E-state index in [1.54, 1.807) is 74.0 Å². The van der Waals surface area contributed by atoms with Gasteiger partial charge in [0, 0.05) is 11.9 Å². The number of fused-ring (bicyclic) bond motifs is 1. The Morgan fingerprint density at radius 1 is 1.09 bits per heavy atom. The third kappa shape index (κ3) is 4.79. The standard InChI is InChI=1S/C26H20N4O4/c1-17-6-5-7-19(14-17)28-24(31)18(16-27)15-22-25(34-21-11-9-20(33-2)10-12-21)29-23-8-3-4-13-30(23)26(22)32/h3-15H,1-2H3,(H,28,31)/b18-15-. The molecule has 2 aromatic heterocycles. The molecule has 0 aliphatic rings. The Morgan fingerprint density at radius 2 is 1.85 bits per heavy atom. The highest BCUT2D eigenvalue weighted by Gasteiger charge is 2.17. The monoisotopic (exact) mass is 452 g/mol. The zero-order chi connectivity index (χ0) is 24.1. The molecule has 0 fully saturated rings. The third-order valence-electron chi connectivity index (χ3n) is 4.94. The fraction of sp³-hybridized carbons (Fsp3) is 0.0769. The highest BCUT2D eigenvalue weighted by atomic mass is 16.5. The molecular formula is C26H20N4O4. The van der Waals surface area contributed by atoms with Gasteiger partial charge in [-0.05, 0) is 67.1 Å². The molecule has 0 atom stereocenters. The van der Waals surface area contributed by atoms with Crippen molar-refractivity contribution in [1.82, 2.24) is 9.38 Å². The number of methoxy groups -OCH3 is 1. The first kappa shape index (κ1) is 22.3. The summed E-state index contributed by atoms with van der Waals surface area (Å²) in [6.45, 7) is 1.89. The highest BCUT2D eigenvalue weighted by molar-refractivity contribution is 6.09. The number of nitrogens with one attached hydrogen (secondary N) is 1. The lowest BCUT2D eigenvalue weighted by Gasteiger charge is -2.11. The molecule has 0 unspecified atom stereocenters. The minimum Gasteiger partial charge on any atom is -0.497 e. The van der Waals surface area contributed by atoms with E-state index in [2.05, 4.69) is 10.3 Å². The van der Waals surface area contributed by atoms with Gasteiger partial charge in [0.15, 0.2) is 0 Å². The Hall–Kier alpha value is -4.90. The number of aryl methyl sites for hydroxylation is 1. The molecule has 0 aliphatic carbocycles. The largest absolute Gasteiger partial charge is 0.497 e. The van der Waals surface area contributed by atoms with Gasteiger partial charge in [0.05, 0.1) is 7.11 Å². The number of carbonyl (C=O) groups excluding carboxylic acids is 1. The summed E-state index contributed by atoms with van der Waals surface area (Å²) >= 11 is 0. The fourth-order valence-corrected chi connectivity index (χ4v) is 3.25. The number of rotatable bonds is 6. The number of carbonyl (C=O) groups is 1. The van der Waals surface area contributed by atoms with E-state index in [1.165, 1.54) is 10.5 Å². The minimum absolute atomic E-state index is 0.0301. The maximum absolute atomic E-state index is 13.3. The number of hydrogen-bond donors (Lipinski definition) is 1. The molecule has 0 aliphatic heterocycles. The van der Waals surface area contributed by atoms with E-state index < -0.39 is 11.5 Å². The van der Waals surface area contributed by atoms with Crippen LogP contribution in [0.3, 0.4) is 0 Å². The van der Waals surface area contributed by atoms with Gasteiger partial charge in [0.1, 0.15) is 34.4 Å². The number of ether oxygens (including phenoxy) is 2. The molecule has 4 rings (SSSR count). The van der Waals surface area contributed by atoms with Crippen LogP contribution in [0, 0.1) is 18.3 Å². The van der Waals surface area contributed by atoms with Gasteiger partial charge in [-0.1, -0.05) is 18.2 Å². The second-order valence-corrected chi connectivity index (χ2v) is 7.34. The SMILES string of the molecule is COc1ccc(Oc2nc3ccccn3c(=O)c2/C=C(/C#N)C(=O)Nc2cccc(C)c2)cc1. The first-order chi connectivity index (χ1) is 16.5. The molecule has 4 aromatic rings. The Kier molecular flexibility index (Phi) is 6.37.